The smallest absolute Gasteiger partial charge is 0.225 e. The topological polar surface area (TPSA) is 75.8 Å². The number of carbonyl (C=O) groups excluding carboxylic acids is 1. The third-order valence-corrected chi connectivity index (χ3v) is 4.53. The van der Waals surface area contributed by atoms with E-state index in [4.69, 9.17) is 15.6 Å². The lowest BCUT2D eigenvalue weighted by molar-refractivity contribution is -0.140. The van der Waals surface area contributed by atoms with Crippen molar-refractivity contribution in [2.24, 2.45) is 17.6 Å². The Hall–Kier alpha value is -0.650. The second kappa shape index (κ2) is 7.38. The molecule has 3 atom stereocenters. The Balaban J connectivity index is 1.79. The molecule has 1 aliphatic heterocycles. The van der Waals surface area contributed by atoms with Crippen molar-refractivity contribution in [2.45, 2.75) is 51.2 Å². The second-order valence-corrected chi connectivity index (χ2v) is 6.39. The van der Waals surface area contributed by atoms with Gasteiger partial charge in [0.1, 0.15) is 0 Å². The highest BCUT2D eigenvalue weighted by molar-refractivity contribution is 5.79. The highest BCUT2D eigenvalue weighted by Gasteiger charge is 2.33. The van der Waals surface area contributed by atoms with Crippen LogP contribution in [0.1, 0.15) is 39.0 Å². The van der Waals surface area contributed by atoms with Crippen molar-refractivity contribution in [3.63, 3.8) is 0 Å². The van der Waals surface area contributed by atoms with Crippen LogP contribution >= 0.6 is 0 Å². The Morgan fingerprint density at radius 2 is 2.00 bits per heavy atom. The van der Waals surface area contributed by atoms with Gasteiger partial charge in [-0.05, 0) is 38.0 Å². The summed E-state index contributed by atoms with van der Waals surface area (Å²) < 4.78 is 5.53. The number of rotatable bonds is 4. The van der Waals surface area contributed by atoms with Gasteiger partial charge in [0.15, 0.2) is 0 Å². The zero-order chi connectivity index (χ0) is 14.5. The first-order chi connectivity index (χ1) is 9.60. The van der Waals surface area contributed by atoms with Crippen molar-refractivity contribution >= 4 is 5.91 Å². The van der Waals surface area contributed by atoms with E-state index >= 15 is 0 Å². The van der Waals surface area contributed by atoms with E-state index in [9.17, 15) is 4.79 Å². The Morgan fingerprint density at radius 3 is 2.60 bits per heavy atom. The van der Waals surface area contributed by atoms with Crippen LogP contribution in [0.5, 0.6) is 0 Å². The van der Waals surface area contributed by atoms with Gasteiger partial charge in [0.05, 0.1) is 19.3 Å². The number of nitrogens with zero attached hydrogens (tertiary/aromatic N) is 1. The number of hydrogen-bond donors (Lipinski definition) is 2. The minimum atomic E-state index is 0.0665. The molecular formula is C15H28N2O3. The Bertz CT molecular complexity index is 306. The number of aliphatic hydroxyl groups excluding tert-OH is 1. The zero-order valence-electron chi connectivity index (χ0n) is 12.5. The maximum Gasteiger partial charge on any atom is 0.225 e. The molecule has 2 rings (SSSR count). The minimum Gasteiger partial charge on any atom is -0.394 e. The highest BCUT2D eigenvalue weighted by atomic mass is 16.5. The molecule has 1 aliphatic carbocycles. The maximum atomic E-state index is 12.6. The molecule has 0 spiro atoms. The average molecular weight is 284 g/mol. The molecule has 5 nitrogen and oxygen atoms in total. The van der Waals surface area contributed by atoms with E-state index in [1.807, 2.05) is 4.90 Å². The summed E-state index contributed by atoms with van der Waals surface area (Å²) in [5.41, 5.74) is 6.05. The van der Waals surface area contributed by atoms with Crippen LogP contribution in [0.2, 0.25) is 0 Å². The molecule has 2 fully saturated rings. The molecule has 0 aromatic rings. The molecule has 3 N–H and O–H groups in total. The lowest BCUT2D eigenvalue weighted by atomic mass is 9.79. The molecule has 1 heterocycles. The predicted molar refractivity (Wildman–Crippen MR) is 77.1 cm³/mol. The van der Waals surface area contributed by atoms with Crippen LogP contribution in [0.15, 0.2) is 0 Å². The molecule has 20 heavy (non-hydrogen) atoms. The summed E-state index contributed by atoms with van der Waals surface area (Å²) in [5.74, 6) is 0.953. The van der Waals surface area contributed by atoms with Crippen molar-refractivity contribution in [1.29, 1.82) is 0 Å². The molecular weight excluding hydrogens is 256 g/mol. The Morgan fingerprint density at radius 1 is 1.30 bits per heavy atom. The SMILES string of the molecule is CC1CC(N)CC(C(=O)N2CCC(OCCO)CC2)C1. The van der Waals surface area contributed by atoms with Gasteiger partial charge < -0.3 is 20.5 Å². The standard InChI is InChI=1S/C15H28N2O3/c1-11-8-12(10-13(16)9-11)15(19)17-4-2-14(3-5-17)20-7-6-18/h11-14,18H,2-10,16H2,1H3. The van der Waals surface area contributed by atoms with Crippen LogP contribution in [0.25, 0.3) is 0 Å². The fourth-order valence-electron chi connectivity index (χ4n) is 3.58. The fraction of sp³-hybridized carbons (Fsp3) is 0.933. The molecule has 1 saturated heterocycles. The summed E-state index contributed by atoms with van der Waals surface area (Å²) in [6.07, 6.45) is 4.80. The lowest BCUT2D eigenvalue weighted by Gasteiger charge is -2.37. The van der Waals surface area contributed by atoms with Crippen LogP contribution in [-0.4, -0.2) is 54.4 Å². The molecule has 1 amide bonds. The summed E-state index contributed by atoms with van der Waals surface area (Å²) >= 11 is 0. The number of aliphatic hydroxyl groups is 1. The summed E-state index contributed by atoms with van der Waals surface area (Å²) in [6, 6.07) is 0.179. The van der Waals surface area contributed by atoms with Crippen molar-refractivity contribution in [3.8, 4) is 0 Å². The van der Waals surface area contributed by atoms with Crippen LogP contribution in [-0.2, 0) is 9.53 Å². The van der Waals surface area contributed by atoms with Gasteiger partial charge in [-0.15, -0.1) is 0 Å². The van der Waals surface area contributed by atoms with Crippen molar-refractivity contribution in [3.05, 3.63) is 0 Å². The van der Waals surface area contributed by atoms with Gasteiger partial charge in [-0.3, -0.25) is 4.79 Å². The Kier molecular flexibility index (Phi) is 5.81. The molecule has 116 valence electrons. The van der Waals surface area contributed by atoms with Crippen molar-refractivity contribution in [1.82, 2.24) is 4.90 Å². The second-order valence-electron chi connectivity index (χ2n) is 6.39. The number of hydrogen-bond acceptors (Lipinski definition) is 4. The van der Waals surface area contributed by atoms with E-state index in [0.717, 1.165) is 45.2 Å². The van der Waals surface area contributed by atoms with Gasteiger partial charge in [-0.2, -0.15) is 0 Å². The van der Waals surface area contributed by atoms with Crippen LogP contribution in [0.4, 0.5) is 0 Å². The van der Waals surface area contributed by atoms with Crippen molar-refractivity contribution < 1.29 is 14.6 Å². The third kappa shape index (κ3) is 4.17. The number of nitrogens with two attached hydrogens (primary N) is 1. The molecule has 1 saturated carbocycles. The van der Waals surface area contributed by atoms with Gasteiger partial charge in [-0.1, -0.05) is 6.92 Å². The van der Waals surface area contributed by atoms with Crippen LogP contribution < -0.4 is 5.73 Å². The number of piperidine rings is 1. The Labute approximate surface area is 121 Å². The van der Waals surface area contributed by atoms with Gasteiger partial charge in [-0.25, -0.2) is 0 Å². The fourth-order valence-corrected chi connectivity index (χ4v) is 3.58. The maximum absolute atomic E-state index is 12.6. The quantitative estimate of drug-likeness (QED) is 0.799. The highest BCUT2D eigenvalue weighted by Crippen LogP contribution is 2.30. The summed E-state index contributed by atoms with van der Waals surface area (Å²) in [5, 5.41) is 8.76. The average Bonchev–Trinajstić information content (AvgIpc) is 2.44. The van der Waals surface area contributed by atoms with E-state index in [-0.39, 0.29) is 30.6 Å². The normalized spacial score (nSPS) is 32.4. The minimum absolute atomic E-state index is 0.0665. The summed E-state index contributed by atoms with van der Waals surface area (Å²) in [7, 11) is 0. The van der Waals surface area contributed by atoms with E-state index in [0.29, 0.717) is 12.5 Å². The van der Waals surface area contributed by atoms with Crippen molar-refractivity contribution in [2.75, 3.05) is 26.3 Å². The van der Waals surface area contributed by atoms with Crippen LogP contribution in [0.3, 0.4) is 0 Å². The first-order valence-corrected chi connectivity index (χ1v) is 7.87. The van der Waals surface area contributed by atoms with E-state index in [1.165, 1.54) is 0 Å². The number of carbonyl (C=O) groups is 1. The summed E-state index contributed by atoms with van der Waals surface area (Å²) in [4.78, 5) is 14.5. The molecule has 2 aliphatic rings. The van der Waals surface area contributed by atoms with Gasteiger partial charge in [0.25, 0.3) is 0 Å². The number of ether oxygens (including phenoxy) is 1. The van der Waals surface area contributed by atoms with Gasteiger partial charge in [0.2, 0.25) is 5.91 Å². The molecule has 0 aromatic carbocycles. The molecule has 0 aromatic heterocycles. The molecule has 0 bridgehead atoms. The summed E-state index contributed by atoms with van der Waals surface area (Å²) in [6.45, 7) is 4.20. The third-order valence-electron chi connectivity index (χ3n) is 4.53. The largest absolute Gasteiger partial charge is 0.394 e. The molecule has 3 unspecified atom stereocenters. The lowest BCUT2D eigenvalue weighted by Crippen LogP contribution is -2.46. The van der Waals surface area contributed by atoms with Gasteiger partial charge in [0, 0.05) is 25.0 Å². The van der Waals surface area contributed by atoms with Gasteiger partial charge >= 0.3 is 0 Å². The van der Waals surface area contributed by atoms with E-state index < -0.39 is 0 Å². The first kappa shape index (κ1) is 15.7. The number of amides is 1. The molecule has 5 heteroatoms. The monoisotopic (exact) mass is 284 g/mol. The predicted octanol–water partition coefficient (Wildman–Crippen LogP) is 0.750. The van der Waals surface area contributed by atoms with E-state index in [1.54, 1.807) is 0 Å². The van der Waals surface area contributed by atoms with E-state index in [2.05, 4.69) is 6.92 Å². The van der Waals surface area contributed by atoms with Crippen LogP contribution in [0, 0.1) is 11.8 Å². The zero-order valence-corrected chi connectivity index (χ0v) is 12.5. The number of likely N-dealkylation sites (tertiary alicyclic amines) is 1. The first-order valence-electron chi connectivity index (χ1n) is 7.87. The molecule has 0 radical (unpaired) electrons.